The van der Waals surface area contributed by atoms with Gasteiger partial charge in [-0.25, -0.2) is 9.18 Å². The van der Waals surface area contributed by atoms with E-state index in [2.05, 4.69) is 10.6 Å². The second-order valence-electron chi connectivity index (χ2n) is 12.6. The number of amides is 4. The van der Waals surface area contributed by atoms with Gasteiger partial charge in [0.15, 0.2) is 5.78 Å². The van der Waals surface area contributed by atoms with E-state index in [1.54, 1.807) is 39.8 Å². The lowest BCUT2D eigenvalue weighted by Gasteiger charge is -2.46. The summed E-state index contributed by atoms with van der Waals surface area (Å²) in [6, 6.07) is 13.4. The van der Waals surface area contributed by atoms with Crippen LogP contribution in [0.4, 0.5) is 9.18 Å². The number of halogens is 1. The van der Waals surface area contributed by atoms with Gasteiger partial charge >= 0.3 is 6.09 Å². The molecule has 0 saturated carbocycles. The molecule has 2 aliphatic rings. The van der Waals surface area contributed by atoms with Crippen LogP contribution in [0.1, 0.15) is 51.7 Å². The van der Waals surface area contributed by atoms with Gasteiger partial charge in [-0.15, -0.1) is 0 Å². The van der Waals surface area contributed by atoms with Gasteiger partial charge in [0.25, 0.3) is 0 Å². The molecular formula is C33H41FN4O7. The molecule has 11 nitrogen and oxygen atoms in total. The molecule has 4 amide bonds. The maximum atomic E-state index is 14.0. The van der Waals surface area contributed by atoms with Gasteiger partial charge in [0.05, 0.1) is 26.2 Å². The maximum Gasteiger partial charge on any atom is 0.407 e. The summed E-state index contributed by atoms with van der Waals surface area (Å²) in [5, 5.41) is 5.36. The first kappa shape index (κ1) is 33.6. The number of hydrogen-bond donors (Lipinski definition) is 2. The van der Waals surface area contributed by atoms with E-state index in [1.807, 2.05) is 30.3 Å². The van der Waals surface area contributed by atoms with Gasteiger partial charge in [0, 0.05) is 32.0 Å². The Balaban J connectivity index is 1.49. The third-order valence-electron chi connectivity index (χ3n) is 7.70. The highest BCUT2D eigenvalue weighted by Crippen LogP contribution is 2.34. The van der Waals surface area contributed by atoms with E-state index in [-0.39, 0.29) is 63.8 Å². The van der Waals surface area contributed by atoms with Crippen LogP contribution in [-0.4, -0.2) is 88.9 Å². The predicted octanol–water partition coefficient (Wildman–Crippen LogP) is 2.76. The molecule has 0 aliphatic carbocycles. The summed E-state index contributed by atoms with van der Waals surface area (Å²) in [4.78, 5) is 68.4. The van der Waals surface area contributed by atoms with Crippen LogP contribution in [-0.2, 0) is 41.7 Å². The molecular weight excluding hydrogens is 583 g/mol. The average Bonchev–Trinajstić information content (AvgIpc) is 3.20. The van der Waals surface area contributed by atoms with Crippen molar-refractivity contribution in [2.24, 2.45) is 0 Å². The second kappa shape index (κ2) is 14.2. The van der Waals surface area contributed by atoms with Crippen molar-refractivity contribution in [1.82, 2.24) is 20.4 Å². The van der Waals surface area contributed by atoms with Crippen LogP contribution in [0.3, 0.4) is 0 Å². The molecule has 0 bridgehead atoms. The number of ether oxygens (including phenoxy) is 2. The molecule has 2 aliphatic heterocycles. The molecule has 0 spiro atoms. The van der Waals surface area contributed by atoms with Crippen LogP contribution < -0.4 is 10.6 Å². The Bertz CT molecular complexity index is 1400. The van der Waals surface area contributed by atoms with Gasteiger partial charge in [-0.3, -0.25) is 19.2 Å². The second-order valence-corrected chi connectivity index (χ2v) is 12.6. The fraction of sp³-hybridized carbons (Fsp3) is 0.485. The summed E-state index contributed by atoms with van der Waals surface area (Å²) in [6.07, 6.45) is -0.943. The van der Waals surface area contributed by atoms with Crippen molar-refractivity contribution in [1.29, 1.82) is 0 Å². The standard InChI is InChI=1S/C33H41FN4O7/c1-22(35-31(43)45-32(2,3)4)16-28(40)36-26(20-44-19-24-8-6-5-7-9-24)30(42)37-14-15-38-29(41)17-27(39)33(38,21-37)18-23-10-12-25(34)13-11-23/h5-13,22,26H,14-21H2,1-4H3,(H,35,43)(H,36,40)/t22?,26-,33+/m1/s1. The number of benzene rings is 2. The van der Waals surface area contributed by atoms with E-state index >= 15 is 0 Å². The Kier molecular flexibility index (Phi) is 10.6. The zero-order chi connectivity index (χ0) is 32.8. The average molecular weight is 625 g/mol. The Hall–Kier alpha value is -4.32. The molecule has 2 aromatic rings. The summed E-state index contributed by atoms with van der Waals surface area (Å²) in [5.41, 5.74) is -0.467. The molecule has 45 heavy (non-hydrogen) atoms. The van der Waals surface area contributed by atoms with Gasteiger partial charge < -0.3 is 29.9 Å². The number of ketones is 1. The van der Waals surface area contributed by atoms with Gasteiger partial charge in [0.1, 0.15) is 23.0 Å². The lowest BCUT2D eigenvalue weighted by Crippen LogP contribution is -2.67. The number of nitrogens with zero attached hydrogens (tertiary/aromatic N) is 2. The molecule has 2 heterocycles. The van der Waals surface area contributed by atoms with Gasteiger partial charge in [-0.1, -0.05) is 42.5 Å². The van der Waals surface area contributed by atoms with E-state index in [0.717, 1.165) is 5.56 Å². The first-order chi connectivity index (χ1) is 21.3. The van der Waals surface area contributed by atoms with Crippen LogP contribution in [0.2, 0.25) is 0 Å². The van der Waals surface area contributed by atoms with E-state index < -0.39 is 46.9 Å². The SMILES string of the molecule is CC(CC(=O)N[C@H](COCc1ccccc1)C(=O)N1CCN2C(=O)CC(=O)[C@]2(Cc2ccc(F)cc2)C1)NC(=O)OC(C)(C)C. The fourth-order valence-electron chi connectivity index (χ4n) is 5.65. The van der Waals surface area contributed by atoms with E-state index in [9.17, 15) is 28.4 Å². The molecule has 2 saturated heterocycles. The molecule has 1 unspecified atom stereocenters. The lowest BCUT2D eigenvalue weighted by atomic mass is 9.84. The number of fused-ring (bicyclic) bond motifs is 1. The summed E-state index contributed by atoms with van der Waals surface area (Å²) < 4.78 is 24.7. The Morgan fingerprint density at radius 2 is 1.67 bits per heavy atom. The predicted molar refractivity (Wildman–Crippen MR) is 162 cm³/mol. The molecule has 4 rings (SSSR count). The topological polar surface area (TPSA) is 134 Å². The van der Waals surface area contributed by atoms with Crippen molar-refractivity contribution in [2.45, 2.75) is 76.8 Å². The van der Waals surface area contributed by atoms with Crippen molar-refractivity contribution < 1.29 is 37.8 Å². The summed E-state index contributed by atoms with van der Waals surface area (Å²) >= 11 is 0. The number of hydrogen-bond acceptors (Lipinski definition) is 7. The van der Waals surface area contributed by atoms with Crippen molar-refractivity contribution in [3.8, 4) is 0 Å². The molecule has 3 atom stereocenters. The minimum atomic E-state index is -1.30. The Labute approximate surface area is 262 Å². The number of carbonyl (C=O) groups excluding carboxylic acids is 5. The normalized spacial score (nSPS) is 19.5. The van der Waals surface area contributed by atoms with E-state index in [0.29, 0.717) is 5.56 Å². The number of carbonyl (C=O) groups is 5. The van der Waals surface area contributed by atoms with Crippen LogP contribution in [0, 0.1) is 5.82 Å². The number of piperazine rings is 1. The largest absolute Gasteiger partial charge is 0.444 e. The molecule has 12 heteroatoms. The Morgan fingerprint density at radius 3 is 2.33 bits per heavy atom. The van der Waals surface area contributed by atoms with E-state index in [1.165, 1.54) is 21.9 Å². The summed E-state index contributed by atoms with van der Waals surface area (Å²) in [7, 11) is 0. The quantitative estimate of drug-likeness (QED) is 0.367. The Morgan fingerprint density at radius 1 is 0.978 bits per heavy atom. The molecule has 0 aromatic heterocycles. The highest BCUT2D eigenvalue weighted by Gasteiger charge is 2.56. The number of Topliss-reactive ketones (excluding diaryl/α,β-unsaturated/α-hetero) is 1. The van der Waals surface area contributed by atoms with Crippen LogP contribution in [0.25, 0.3) is 0 Å². The summed E-state index contributed by atoms with van der Waals surface area (Å²) in [6.45, 7) is 7.11. The lowest BCUT2D eigenvalue weighted by molar-refractivity contribution is -0.149. The third kappa shape index (κ3) is 8.87. The van der Waals surface area contributed by atoms with Crippen LogP contribution in [0.5, 0.6) is 0 Å². The van der Waals surface area contributed by atoms with Crippen molar-refractivity contribution >= 4 is 29.6 Å². The summed E-state index contributed by atoms with van der Waals surface area (Å²) in [5.74, 6) is -2.00. The monoisotopic (exact) mass is 624 g/mol. The minimum Gasteiger partial charge on any atom is -0.444 e. The molecule has 0 radical (unpaired) electrons. The minimum absolute atomic E-state index is 0.0740. The highest BCUT2D eigenvalue weighted by molar-refractivity contribution is 6.11. The first-order valence-corrected chi connectivity index (χ1v) is 15.0. The van der Waals surface area contributed by atoms with Gasteiger partial charge in [-0.05, 0) is 51.0 Å². The zero-order valence-corrected chi connectivity index (χ0v) is 26.1. The van der Waals surface area contributed by atoms with Crippen molar-refractivity contribution in [3.63, 3.8) is 0 Å². The molecule has 2 aromatic carbocycles. The van der Waals surface area contributed by atoms with Crippen molar-refractivity contribution in [2.75, 3.05) is 26.2 Å². The first-order valence-electron chi connectivity index (χ1n) is 15.0. The van der Waals surface area contributed by atoms with Gasteiger partial charge in [-0.2, -0.15) is 0 Å². The van der Waals surface area contributed by atoms with Crippen LogP contribution >= 0.6 is 0 Å². The smallest absolute Gasteiger partial charge is 0.407 e. The number of rotatable bonds is 11. The number of alkyl carbamates (subject to hydrolysis) is 1. The molecule has 2 N–H and O–H groups in total. The third-order valence-corrected chi connectivity index (χ3v) is 7.70. The van der Waals surface area contributed by atoms with E-state index in [4.69, 9.17) is 9.47 Å². The zero-order valence-electron chi connectivity index (χ0n) is 26.1. The number of nitrogens with one attached hydrogen (secondary N) is 2. The highest BCUT2D eigenvalue weighted by atomic mass is 19.1. The molecule has 242 valence electrons. The maximum absolute atomic E-state index is 14.0. The molecule has 2 fully saturated rings. The van der Waals surface area contributed by atoms with Gasteiger partial charge in [0.2, 0.25) is 17.7 Å². The van der Waals surface area contributed by atoms with Crippen molar-refractivity contribution in [3.05, 3.63) is 71.5 Å². The van der Waals surface area contributed by atoms with Crippen LogP contribution in [0.15, 0.2) is 54.6 Å². The fourth-order valence-corrected chi connectivity index (χ4v) is 5.65.